The number of methoxy groups -OCH3 is 1. The summed E-state index contributed by atoms with van der Waals surface area (Å²) in [5.41, 5.74) is 2.84. The lowest BCUT2D eigenvalue weighted by Crippen LogP contribution is -2.14. The molecule has 6 heteroatoms. The number of hydrogen-bond donors (Lipinski definition) is 2. The maximum absolute atomic E-state index is 12.4. The number of nitrogens with one attached hydrogen (secondary N) is 2. The molecular formula is C19H18N4O2. The van der Waals surface area contributed by atoms with Gasteiger partial charge in [-0.15, -0.1) is 0 Å². The normalized spacial score (nSPS) is 10.2. The Bertz CT molecular complexity index is 879. The second-order valence-electron chi connectivity index (χ2n) is 5.41. The van der Waals surface area contributed by atoms with Crippen molar-refractivity contribution in [2.75, 3.05) is 17.7 Å². The summed E-state index contributed by atoms with van der Waals surface area (Å²) in [5, 5.41) is 5.88. The lowest BCUT2D eigenvalue weighted by Gasteiger charge is -2.10. The molecule has 0 bridgehead atoms. The molecule has 2 aromatic carbocycles. The molecule has 1 aromatic heterocycles. The van der Waals surface area contributed by atoms with Gasteiger partial charge in [0.2, 0.25) is 5.95 Å². The smallest absolute Gasteiger partial charge is 0.274 e. The number of anilines is 3. The van der Waals surface area contributed by atoms with Gasteiger partial charge in [0.25, 0.3) is 5.91 Å². The maximum Gasteiger partial charge on any atom is 0.274 e. The lowest BCUT2D eigenvalue weighted by molar-refractivity contribution is 0.102. The minimum absolute atomic E-state index is 0.271. The van der Waals surface area contributed by atoms with Crippen LogP contribution in [0.15, 0.2) is 60.8 Å². The molecule has 0 unspecified atom stereocenters. The van der Waals surface area contributed by atoms with Gasteiger partial charge in [0.05, 0.1) is 12.8 Å². The zero-order valence-electron chi connectivity index (χ0n) is 14.0. The van der Waals surface area contributed by atoms with Crippen molar-refractivity contribution in [2.24, 2.45) is 0 Å². The average Bonchev–Trinajstić information content (AvgIpc) is 2.64. The van der Waals surface area contributed by atoms with Gasteiger partial charge >= 0.3 is 0 Å². The first kappa shape index (κ1) is 16.4. The summed E-state index contributed by atoms with van der Waals surface area (Å²) >= 11 is 0. The molecule has 0 atom stereocenters. The molecule has 0 aliphatic heterocycles. The van der Waals surface area contributed by atoms with Crippen LogP contribution in [0.4, 0.5) is 17.3 Å². The van der Waals surface area contributed by atoms with Crippen molar-refractivity contribution in [2.45, 2.75) is 6.92 Å². The van der Waals surface area contributed by atoms with Crippen LogP contribution in [0.25, 0.3) is 0 Å². The molecule has 1 heterocycles. The van der Waals surface area contributed by atoms with Crippen LogP contribution in [0.1, 0.15) is 16.1 Å². The summed E-state index contributed by atoms with van der Waals surface area (Å²) < 4.78 is 5.29. The fourth-order valence-electron chi connectivity index (χ4n) is 2.25. The zero-order chi connectivity index (χ0) is 17.6. The van der Waals surface area contributed by atoms with Crippen LogP contribution in [0, 0.1) is 6.92 Å². The molecule has 1 amide bonds. The van der Waals surface area contributed by atoms with Crippen LogP contribution in [0.2, 0.25) is 0 Å². The molecule has 25 heavy (non-hydrogen) atoms. The van der Waals surface area contributed by atoms with Crippen LogP contribution < -0.4 is 15.4 Å². The highest BCUT2D eigenvalue weighted by molar-refractivity contribution is 6.03. The standard InChI is InChI=1S/C19H18N4O2/c1-13-7-9-14(10-8-13)21-18(24)16-11-12-20-19(23-16)22-15-5-3-4-6-17(15)25-2/h3-12H,1-2H3,(H,21,24)(H,20,22,23). The van der Waals surface area contributed by atoms with Crippen LogP contribution in [-0.2, 0) is 0 Å². The van der Waals surface area contributed by atoms with Crippen molar-refractivity contribution in [3.8, 4) is 5.75 Å². The molecule has 2 N–H and O–H groups in total. The molecule has 0 fully saturated rings. The second kappa shape index (κ2) is 7.44. The molecule has 6 nitrogen and oxygen atoms in total. The van der Waals surface area contributed by atoms with Gasteiger partial charge in [-0.3, -0.25) is 4.79 Å². The van der Waals surface area contributed by atoms with E-state index in [-0.39, 0.29) is 11.6 Å². The number of carbonyl (C=O) groups excluding carboxylic acids is 1. The SMILES string of the molecule is COc1ccccc1Nc1nccc(C(=O)Nc2ccc(C)cc2)n1. The van der Waals surface area contributed by atoms with Crippen molar-refractivity contribution in [3.05, 3.63) is 72.1 Å². The van der Waals surface area contributed by atoms with Gasteiger partial charge in [-0.1, -0.05) is 29.8 Å². The predicted octanol–water partition coefficient (Wildman–Crippen LogP) is 3.79. The summed E-state index contributed by atoms with van der Waals surface area (Å²) in [6.07, 6.45) is 1.54. The van der Waals surface area contributed by atoms with E-state index < -0.39 is 0 Å². The Hall–Kier alpha value is -3.41. The van der Waals surface area contributed by atoms with Crippen LogP contribution >= 0.6 is 0 Å². The van der Waals surface area contributed by atoms with Gasteiger partial charge in [-0.2, -0.15) is 0 Å². The van der Waals surface area contributed by atoms with Crippen LogP contribution in [0.5, 0.6) is 5.75 Å². The third-order valence-corrected chi connectivity index (χ3v) is 3.55. The maximum atomic E-state index is 12.4. The Balaban J connectivity index is 1.76. The first-order valence-corrected chi connectivity index (χ1v) is 7.77. The molecule has 3 rings (SSSR count). The summed E-state index contributed by atoms with van der Waals surface area (Å²) in [6, 6.07) is 16.6. The summed E-state index contributed by atoms with van der Waals surface area (Å²) in [6.45, 7) is 1.99. The fraction of sp³-hybridized carbons (Fsp3) is 0.105. The first-order valence-electron chi connectivity index (χ1n) is 7.77. The number of aromatic nitrogens is 2. The monoisotopic (exact) mass is 334 g/mol. The number of hydrogen-bond acceptors (Lipinski definition) is 5. The van der Waals surface area contributed by atoms with E-state index >= 15 is 0 Å². The Morgan fingerprint density at radius 1 is 1.04 bits per heavy atom. The van der Waals surface area contributed by atoms with Crippen LogP contribution in [-0.4, -0.2) is 23.0 Å². The predicted molar refractivity (Wildman–Crippen MR) is 97.4 cm³/mol. The largest absolute Gasteiger partial charge is 0.495 e. The van der Waals surface area contributed by atoms with Crippen molar-refractivity contribution in [3.63, 3.8) is 0 Å². The number of amides is 1. The zero-order valence-corrected chi connectivity index (χ0v) is 14.0. The third-order valence-electron chi connectivity index (χ3n) is 3.55. The minimum atomic E-state index is -0.297. The summed E-state index contributed by atoms with van der Waals surface area (Å²) in [4.78, 5) is 20.8. The van der Waals surface area contributed by atoms with Gasteiger partial charge in [0, 0.05) is 11.9 Å². The molecular weight excluding hydrogens is 316 g/mol. The van der Waals surface area contributed by atoms with Gasteiger partial charge in [0.15, 0.2) is 0 Å². The number of nitrogens with zero attached hydrogens (tertiary/aromatic N) is 2. The fourth-order valence-corrected chi connectivity index (χ4v) is 2.25. The van der Waals surface area contributed by atoms with Crippen molar-refractivity contribution < 1.29 is 9.53 Å². The topological polar surface area (TPSA) is 76.1 Å². The van der Waals surface area contributed by atoms with Gasteiger partial charge in [-0.25, -0.2) is 9.97 Å². The highest BCUT2D eigenvalue weighted by Crippen LogP contribution is 2.25. The number of carbonyl (C=O) groups is 1. The van der Waals surface area contributed by atoms with E-state index in [0.717, 1.165) is 11.3 Å². The third kappa shape index (κ3) is 4.11. The first-order chi connectivity index (χ1) is 12.2. The van der Waals surface area contributed by atoms with Crippen LogP contribution in [0.3, 0.4) is 0 Å². The van der Waals surface area contributed by atoms with Crippen molar-refractivity contribution >= 4 is 23.2 Å². The van der Waals surface area contributed by atoms with Gasteiger partial charge in [0.1, 0.15) is 11.4 Å². The molecule has 0 aliphatic rings. The van der Waals surface area contributed by atoms with Crippen molar-refractivity contribution in [1.82, 2.24) is 9.97 Å². The minimum Gasteiger partial charge on any atom is -0.495 e. The quantitative estimate of drug-likeness (QED) is 0.742. The molecule has 0 saturated heterocycles. The summed E-state index contributed by atoms with van der Waals surface area (Å²) in [7, 11) is 1.59. The Morgan fingerprint density at radius 3 is 2.56 bits per heavy atom. The van der Waals surface area contributed by atoms with E-state index in [9.17, 15) is 4.79 Å². The van der Waals surface area contributed by atoms with E-state index in [1.165, 1.54) is 6.20 Å². The van der Waals surface area contributed by atoms with Crippen molar-refractivity contribution in [1.29, 1.82) is 0 Å². The Labute approximate surface area is 145 Å². The molecule has 0 aliphatic carbocycles. The number of benzene rings is 2. The molecule has 0 spiro atoms. The van der Waals surface area contributed by atoms with E-state index in [2.05, 4.69) is 20.6 Å². The molecule has 3 aromatic rings. The van der Waals surface area contributed by atoms with Gasteiger partial charge < -0.3 is 15.4 Å². The van der Waals surface area contributed by atoms with E-state index in [1.807, 2.05) is 55.5 Å². The Morgan fingerprint density at radius 2 is 1.80 bits per heavy atom. The number of rotatable bonds is 5. The van der Waals surface area contributed by atoms with E-state index in [0.29, 0.717) is 17.4 Å². The van der Waals surface area contributed by atoms with Gasteiger partial charge in [-0.05, 0) is 37.3 Å². The highest BCUT2D eigenvalue weighted by atomic mass is 16.5. The molecule has 0 radical (unpaired) electrons. The number of para-hydroxylation sites is 2. The molecule has 126 valence electrons. The Kier molecular flexibility index (Phi) is 4.89. The average molecular weight is 334 g/mol. The van der Waals surface area contributed by atoms with E-state index in [4.69, 9.17) is 4.74 Å². The van der Waals surface area contributed by atoms with E-state index in [1.54, 1.807) is 13.2 Å². The highest BCUT2D eigenvalue weighted by Gasteiger charge is 2.10. The lowest BCUT2D eigenvalue weighted by atomic mass is 10.2. The second-order valence-corrected chi connectivity index (χ2v) is 5.41. The molecule has 0 saturated carbocycles. The number of ether oxygens (including phenoxy) is 1. The summed E-state index contributed by atoms with van der Waals surface area (Å²) in [5.74, 6) is 0.691. The number of aryl methyl sites for hydroxylation is 1.